The van der Waals surface area contributed by atoms with Gasteiger partial charge in [-0.1, -0.05) is 37.3 Å². The van der Waals surface area contributed by atoms with E-state index in [9.17, 15) is 4.79 Å². The van der Waals surface area contributed by atoms with E-state index in [4.69, 9.17) is 0 Å². The van der Waals surface area contributed by atoms with Gasteiger partial charge in [0, 0.05) is 37.6 Å². The van der Waals surface area contributed by atoms with E-state index in [-0.39, 0.29) is 5.92 Å². The molecule has 0 unspecified atom stereocenters. The van der Waals surface area contributed by atoms with Crippen molar-refractivity contribution in [2.45, 2.75) is 31.7 Å². The van der Waals surface area contributed by atoms with Crippen LogP contribution in [0.1, 0.15) is 25.3 Å². The molecule has 0 N–H and O–H groups in total. The highest BCUT2D eigenvalue weighted by Gasteiger charge is 2.49. The Bertz CT molecular complexity index is 467. The summed E-state index contributed by atoms with van der Waals surface area (Å²) in [5.74, 6) is 0.165. The lowest BCUT2D eigenvalue weighted by Gasteiger charge is -2.53. The van der Waals surface area contributed by atoms with Crippen LogP contribution < -0.4 is 0 Å². The average molecular weight is 286 g/mol. The highest BCUT2D eigenvalue weighted by molar-refractivity contribution is 5.53. The summed E-state index contributed by atoms with van der Waals surface area (Å²) in [6.07, 6.45) is 4.83. The lowest BCUT2D eigenvalue weighted by molar-refractivity contribution is -0.112. The van der Waals surface area contributed by atoms with E-state index in [1.54, 1.807) is 0 Å². The Morgan fingerprint density at radius 1 is 1.29 bits per heavy atom. The number of nitrogens with zero attached hydrogens (tertiary/aromatic N) is 2. The van der Waals surface area contributed by atoms with Crippen LogP contribution >= 0.6 is 0 Å². The molecular formula is C18H26N2O. The van der Waals surface area contributed by atoms with Crippen LogP contribution in [0.2, 0.25) is 0 Å². The minimum atomic E-state index is 0.165. The lowest BCUT2D eigenvalue weighted by Crippen LogP contribution is -2.68. The smallest absolute Gasteiger partial charge is 0.124 e. The molecule has 3 nitrogen and oxygen atoms in total. The molecule has 0 radical (unpaired) electrons. The highest BCUT2D eigenvalue weighted by atomic mass is 16.1. The topological polar surface area (TPSA) is 23.6 Å². The number of rotatable bonds is 6. The van der Waals surface area contributed by atoms with Gasteiger partial charge in [-0.3, -0.25) is 9.80 Å². The van der Waals surface area contributed by atoms with E-state index >= 15 is 0 Å². The van der Waals surface area contributed by atoms with Crippen molar-refractivity contribution in [1.29, 1.82) is 0 Å². The fraction of sp³-hybridized carbons (Fsp3) is 0.611. The van der Waals surface area contributed by atoms with Gasteiger partial charge < -0.3 is 4.79 Å². The molecule has 1 aromatic rings. The minimum absolute atomic E-state index is 0.165. The number of likely N-dealkylation sites (tertiary alicyclic amines) is 2. The van der Waals surface area contributed by atoms with Crippen LogP contribution in [0.15, 0.2) is 30.3 Å². The zero-order valence-corrected chi connectivity index (χ0v) is 13.0. The van der Waals surface area contributed by atoms with E-state index in [2.05, 4.69) is 40.1 Å². The van der Waals surface area contributed by atoms with Crippen LogP contribution in [0.4, 0.5) is 0 Å². The predicted molar refractivity (Wildman–Crippen MR) is 85.4 cm³/mol. The van der Waals surface area contributed by atoms with Gasteiger partial charge in [0.05, 0.1) is 0 Å². The lowest BCUT2D eigenvalue weighted by atomic mass is 9.86. The molecule has 21 heavy (non-hydrogen) atoms. The Morgan fingerprint density at radius 3 is 2.76 bits per heavy atom. The molecule has 0 saturated carbocycles. The summed E-state index contributed by atoms with van der Waals surface area (Å²) in [6.45, 7) is 7.67. The molecule has 0 bridgehead atoms. The zero-order chi connectivity index (χ0) is 14.7. The van der Waals surface area contributed by atoms with Gasteiger partial charge in [0.1, 0.15) is 6.29 Å². The fourth-order valence-corrected chi connectivity index (χ4v) is 3.90. The predicted octanol–water partition coefficient (Wildman–Crippen LogP) is 2.21. The Kier molecular flexibility index (Phi) is 4.41. The molecule has 2 heterocycles. The minimum Gasteiger partial charge on any atom is -0.303 e. The van der Waals surface area contributed by atoms with Crippen molar-refractivity contribution in [3.63, 3.8) is 0 Å². The number of carbonyl (C=O) groups is 1. The fourth-order valence-electron chi connectivity index (χ4n) is 3.90. The molecule has 114 valence electrons. The number of benzene rings is 1. The number of hydrogen-bond donors (Lipinski definition) is 0. The summed E-state index contributed by atoms with van der Waals surface area (Å²) in [7, 11) is 0. The van der Waals surface area contributed by atoms with Gasteiger partial charge >= 0.3 is 0 Å². The van der Waals surface area contributed by atoms with Gasteiger partial charge in [-0.2, -0.15) is 0 Å². The van der Waals surface area contributed by atoms with Crippen molar-refractivity contribution in [2.24, 2.45) is 5.92 Å². The van der Waals surface area contributed by atoms with E-state index in [1.165, 1.54) is 38.0 Å². The molecule has 2 saturated heterocycles. The summed E-state index contributed by atoms with van der Waals surface area (Å²) in [4.78, 5) is 16.0. The third kappa shape index (κ3) is 3.19. The number of carbonyl (C=O) groups excluding carboxylic acids is 1. The first kappa shape index (κ1) is 14.7. The molecule has 1 aromatic carbocycles. The monoisotopic (exact) mass is 286 g/mol. The first-order chi connectivity index (χ1) is 10.2. The van der Waals surface area contributed by atoms with Gasteiger partial charge in [0.2, 0.25) is 0 Å². The maximum atomic E-state index is 10.9. The molecule has 1 spiro atoms. The van der Waals surface area contributed by atoms with E-state index in [1.807, 2.05) is 6.92 Å². The first-order valence-corrected chi connectivity index (χ1v) is 8.18. The molecular weight excluding hydrogens is 260 g/mol. The molecule has 0 aromatic heterocycles. The van der Waals surface area contributed by atoms with Crippen molar-refractivity contribution in [1.82, 2.24) is 9.80 Å². The summed E-state index contributed by atoms with van der Waals surface area (Å²) in [6, 6.07) is 10.7. The maximum Gasteiger partial charge on any atom is 0.124 e. The molecule has 2 aliphatic heterocycles. The highest BCUT2D eigenvalue weighted by Crippen LogP contribution is 2.37. The normalized spacial score (nSPS) is 23.1. The number of aldehydes is 1. The van der Waals surface area contributed by atoms with Crippen molar-refractivity contribution in [3.8, 4) is 0 Å². The molecule has 2 fully saturated rings. The molecule has 3 rings (SSSR count). The second-order valence-corrected chi connectivity index (χ2v) is 6.83. The van der Waals surface area contributed by atoms with Gasteiger partial charge in [-0.15, -0.1) is 0 Å². The van der Waals surface area contributed by atoms with E-state index < -0.39 is 0 Å². The second-order valence-electron chi connectivity index (χ2n) is 6.83. The average Bonchev–Trinajstić information content (AvgIpc) is 2.88. The van der Waals surface area contributed by atoms with E-state index in [0.29, 0.717) is 5.54 Å². The summed E-state index contributed by atoms with van der Waals surface area (Å²) >= 11 is 0. The molecule has 3 heteroatoms. The first-order valence-electron chi connectivity index (χ1n) is 8.18. The van der Waals surface area contributed by atoms with Crippen molar-refractivity contribution in [3.05, 3.63) is 35.9 Å². The van der Waals surface area contributed by atoms with Crippen LogP contribution in [-0.2, 0) is 11.2 Å². The van der Waals surface area contributed by atoms with Crippen LogP contribution in [0.25, 0.3) is 0 Å². The zero-order valence-electron chi connectivity index (χ0n) is 13.0. The van der Waals surface area contributed by atoms with Crippen molar-refractivity contribution < 1.29 is 4.79 Å². The second kappa shape index (κ2) is 6.29. The molecule has 0 amide bonds. The third-order valence-corrected chi connectivity index (χ3v) is 5.08. The summed E-state index contributed by atoms with van der Waals surface area (Å²) < 4.78 is 0. The number of hydrogen-bond acceptors (Lipinski definition) is 3. The molecule has 1 atom stereocenters. The van der Waals surface area contributed by atoms with Crippen LogP contribution in [0, 0.1) is 5.92 Å². The largest absolute Gasteiger partial charge is 0.303 e. The Labute approximate surface area is 127 Å². The Hall–Kier alpha value is -1.19. The van der Waals surface area contributed by atoms with Gasteiger partial charge in [0.25, 0.3) is 0 Å². The quantitative estimate of drug-likeness (QED) is 0.749. The maximum absolute atomic E-state index is 10.9. The van der Waals surface area contributed by atoms with Crippen LogP contribution in [0.5, 0.6) is 0 Å². The van der Waals surface area contributed by atoms with Crippen molar-refractivity contribution >= 4 is 6.29 Å². The van der Waals surface area contributed by atoms with E-state index in [0.717, 1.165) is 25.8 Å². The SMILES string of the molecule is C[C@H](C=O)CN1CCCC12CN(CCc1ccccc1)C2. The van der Waals surface area contributed by atoms with Crippen molar-refractivity contribution in [2.75, 3.05) is 32.7 Å². The standard InChI is InChI=1S/C18H26N2O/c1-16(13-21)12-20-10-5-9-18(20)14-19(15-18)11-8-17-6-3-2-4-7-17/h2-4,6-7,13,16H,5,8-12,14-15H2,1H3/t16-/m0/s1. The summed E-state index contributed by atoms with van der Waals surface area (Å²) in [5, 5.41) is 0. The molecule has 0 aliphatic carbocycles. The Morgan fingerprint density at radius 2 is 2.05 bits per heavy atom. The van der Waals surface area contributed by atoms with Crippen LogP contribution in [-0.4, -0.2) is 54.3 Å². The Balaban J connectivity index is 1.48. The molecule has 2 aliphatic rings. The van der Waals surface area contributed by atoms with Crippen LogP contribution in [0.3, 0.4) is 0 Å². The van der Waals surface area contributed by atoms with Gasteiger partial charge in [-0.05, 0) is 31.4 Å². The summed E-state index contributed by atoms with van der Waals surface area (Å²) in [5.41, 5.74) is 1.81. The van der Waals surface area contributed by atoms with Gasteiger partial charge in [-0.25, -0.2) is 0 Å². The van der Waals surface area contributed by atoms with Gasteiger partial charge in [0.15, 0.2) is 0 Å². The third-order valence-electron chi connectivity index (χ3n) is 5.08.